The third-order valence-electron chi connectivity index (χ3n) is 8.80. The highest BCUT2D eigenvalue weighted by molar-refractivity contribution is 5.70. The molecule has 0 spiro atoms. The molecule has 0 radical (unpaired) electrons. The molecule has 0 aromatic heterocycles. The van der Waals surface area contributed by atoms with Crippen LogP contribution in [0.25, 0.3) is 0 Å². The first-order valence-electron chi connectivity index (χ1n) is 14.9. The zero-order valence-corrected chi connectivity index (χ0v) is 23.8. The van der Waals surface area contributed by atoms with Crippen molar-refractivity contribution < 1.29 is 19.1 Å². The van der Waals surface area contributed by atoms with Crippen LogP contribution in [0.5, 0.6) is 0 Å². The number of piperidine rings is 1. The molecule has 2 aromatic carbocycles. The van der Waals surface area contributed by atoms with Crippen LogP contribution in [-0.4, -0.2) is 96.8 Å². The van der Waals surface area contributed by atoms with Crippen LogP contribution in [0.3, 0.4) is 0 Å². The molecular weight excluding hydrogens is 504 g/mol. The number of hydrogen-bond acceptors (Lipinski definition) is 7. The maximum absolute atomic E-state index is 12.5. The van der Waals surface area contributed by atoms with E-state index >= 15 is 0 Å². The molecule has 0 aliphatic carbocycles. The maximum atomic E-state index is 12.5. The van der Waals surface area contributed by atoms with Crippen molar-refractivity contribution >= 4 is 12.1 Å². The average Bonchev–Trinajstić information content (AvgIpc) is 3.28. The van der Waals surface area contributed by atoms with Gasteiger partial charge in [-0.25, -0.2) is 4.79 Å². The number of hydrogen-bond donors (Lipinski definition) is 0. The summed E-state index contributed by atoms with van der Waals surface area (Å²) in [7, 11) is 1.88. The van der Waals surface area contributed by atoms with Crippen LogP contribution in [0.4, 0.5) is 4.79 Å². The van der Waals surface area contributed by atoms with Crippen molar-refractivity contribution in [1.29, 1.82) is 0 Å². The monoisotopic (exact) mass is 548 g/mol. The van der Waals surface area contributed by atoms with E-state index in [4.69, 9.17) is 9.47 Å². The number of carbonyl (C=O) groups excluding carboxylic acids is 2. The highest BCUT2D eigenvalue weighted by atomic mass is 16.6. The number of ether oxygens (including phenoxy) is 2. The predicted molar refractivity (Wildman–Crippen MR) is 154 cm³/mol. The van der Waals surface area contributed by atoms with Gasteiger partial charge in [0, 0.05) is 46.3 Å². The van der Waals surface area contributed by atoms with Crippen molar-refractivity contribution in [3.05, 3.63) is 71.8 Å². The standard InChI is InChI=1S/C32H44N4O4/c1-33-29(13-12-26-14-17-35(18-15-26)24-27-8-4-2-5-9-27)31(40-32(33)38)36-22-20-34(21-23-36)19-16-30(37)39-25-28-10-6-3-7-11-28/h2-11,26,29,31H,12-25H2,1H3. The minimum atomic E-state index is -0.212. The Morgan fingerprint density at radius 1 is 0.850 bits per heavy atom. The minimum Gasteiger partial charge on any atom is -0.461 e. The minimum absolute atomic E-state index is 0.0920. The van der Waals surface area contributed by atoms with E-state index in [1.807, 2.05) is 42.3 Å². The van der Waals surface area contributed by atoms with Gasteiger partial charge in [0.15, 0.2) is 6.23 Å². The zero-order valence-electron chi connectivity index (χ0n) is 23.8. The number of piperazine rings is 1. The summed E-state index contributed by atoms with van der Waals surface area (Å²) in [6, 6.07) is 20.6. The second-order valence-electron chi connectivity index (χ2n) is 11.5. The third kappa shape index (κ3) is 7.83. The summed E-state index contributed by atoms with van der Waals surface area (Å²) >= 11 is 0. The average molecular weight is 549 g/mol. The molecule has 0 N–H and O–H groups in total. The number of likely N-dealkylation sites (N-methyl/N-ethyl adjacent to an activating group) is 1. The smallest absolute Gasteiger partial charge is 0.411 e. The molecule has 40 heavy (non-hydrogen) atoms. The normalized spacial score (nSPS) is 23.3. The van der Waals surface area contributed by atoms with Crippen LogP contribution >= 0.6 is 0 Å². The largest absolute Gasteiger partial charge is 0.461 e. The number of rotatable bonds is 11. The van der Waals surface area contributed by atoms with Crippen molar-refractivity contribution in [3.8, 4) is 0 Å². The first kappa shape index (κ1) is 28.6. The van der Waals surface area contributed by atoms with Crippen LogP contribution in [0.1, 0.15) is 43.2 Å². The van der Waals surface area contributed by atoms with E-state index in [1.54, 1.807) is 0 Å². The Morgan fingerprint density at radius 3 is 2.17 bits per heavy atom. The van der Waals surface area contributed by atoms with Gasteiger partial charge < -0.3 is 19.3 Å². The molecule has 3 aliphatic heterocycles. The van der Waals surface area contributed by atoms with Gasteiger partial charge in [-0.3, -0.25) is 14.6 Å². The molecule has 2 unspecified atom stereocenters. The summed E-state index contributed by atoms with van der Waals surface area (Å²) in [5, 5.41) is 0. The fourth-order valence-corrected chi connectivity index (χ4v) is 6.23. The lowest BCUT2D eigenvalue weighted by Crippen LogP contribution is -2.54. The first-order valence-corrected chi connectivity index (χ1v) is 14.9. The fraction of sp³-hybridized carbons (Fsp3) is 0.562. The highest BCUT2D eigenvalue weighted by Gasteiger charge is 2.43. The lowest BCUT2D eigenvalue weighted by Gasteiger charge is -2.39. The van der Waals surface area contributed by atoms with Crippen molar-refractivity contribution in [2.24, 2.45) is 5.92 Å². The second kappa shape index (κ2) is 14.1. The van der Waals surface area contributed by atoms with E-state index in [2.05, 4.69) is 45.0 Å². The van der Waals surface area contributed by atoms with Crippen LogP contribution in [0.2, 0.25) is 0 Å². The Kier molecular flexibility index (Phi) is 10.1. The Labute approximate surface area is 238 Å². The summed E-state index contributed by atoms with van der Waals surface area (Å²) in [5.41, 5.74) is 2.39. The second-order valence-corrected chi connectivity index (χ2v) is 11.5. The lowest BCUT2D eigenvalue weighted by molar-refractivity contribution is -0.145. The molecule has 2 atom stereocenters. The van der Waals surface area contributed by atoms with Gasteiger partial charge in [0.1, 0.15) is 6.61 Å². The zero-order chi connectivity index (χ0) is 27.7. The lowest BCUT2D eigenvalue weighted by atomic mass is 9.90. The molecule has 3 aliphatic rings. The molecule has 2 aromatic rings. The SMILES string of the molecule is CN1C(=O)OC(N2CCN(CCC(=O)OCc3ccccc3)CC2)C1CCC1CCN(Cc2ccccc2)CC1. The number of esters is 1. The van der Waals surface area contributed by atoms with E-state index in [9.17, 15) is 9.59 Å². The van der Waals surface area contributed by atoms with Crippen molar-refractivity contribution in [3.63, 3.8) is 0 Å². The van der Waals surface area contributed by atoms with Crippen LogP contribution in [-0.2, 0) is 27.4 Å². The molecular formula is C32H44N4O4. The van der Waals surface area contributed by atoms with Crippen molar-refractivity contribution in [1.82, 2.24) is 19.6 Å². The van der Waals surface area contributed by atoms with Gasteiger partial charge in [0.25, 0.3) is 0 Å². The Balaban J connectivity index is 1.02. The molecule has 3 saturated heterocycles. The van der Waals surface area contributed by atoms with Gasteiger partial charge in [0.2, 0.25) is 0 Å². The molecule has 0 bridgehead atoms. The summed E-state index contributed by atoms with van der Waals surface area (Å²) in [4.78, 5) is 33.7. The van der Waals surface area contributed by atoms with E-state index < -0.39 is 0 Å². The number of amides is 1. The summed E-state index contributed by atoms with van der Waals surface area (Å²) < 4.78 is 11.3. The Bertz CT molecular complexity index is 1070. The topological polar surface area (TPSA) is 65.6 Å². The number of benzene rings is 2. The van der Waals surface area contributed by atoms with Crippen LogP contribution < -0.4 is 0 Å². The van der Waals surface area contributed by atoms with E-state index in [0.717, 1.165) is 64.2 Å². The maximum Gasteiger partial charge on any atom is 0.411 e. The van der Waals surface area contributed by atoms with E-state index in [0.29, 0.717) is 25.5 Å². The summed E-state index contributed by atoms with van der Waals surface area (Å²) in [6.45, 7) is 7.71. The molecule has 8 heteroatoms. The number of nitrogens with zero attached hydrogens (tertiary/aromatic N) is 4. The Morgan fingerprint density at radius 2 is 1.50 bits per heavy atom. The molecule has 3 heterocycles. The summed E-state index contributed by atoms with van der Waals surface area (Å²) in [5.74, 6) is 0.541. The molecule has 216 valence electrons. The van der Waals surface area contributed by atoms with Gasteiger partial charge >= 0.3 is 12.1 Å². The van der Waals surface area contributed by atoms with Gasteiger partial charge in [0.05, 0.1) is 12.5 Å². The predicted octanol–water partition coefficient (Wildman–Crippen LogP) is 4.21. The Hall–Kier alpha value is -2.94. The van der Waals surface area contributed by atoms with Gasteiger partial charge in [-0.2, -0.15) is 0 Å². The molecule has 1 amide bonds. The first-order chi connectivity index (χ1) is 19.5. The van der Waals surface area contributed by atoms with Gasteiger partial charge in [-0.15, -0.1) is 0 Å². The van der Waals surface area contributed by atoms with Gasteiger partial charge in [-0.1, -0.05) is 60.7 Å². The number of cyclic esters (lactones) is 1. The fourth-order valence-electron chi connectivity index (χ4n) is 6.23. The van der Waals surface area contributed by atoms with E-state index in [1.165, 1.54) is 18.4 Å². The van der Waals surface area contributed by atoms with Crippen LogP contribution in [0.15, 0.2) is 60.7 Å². The molecule has 8 nitrogen and oxygen atoms in total. The molecule has 0 saturated carbocycles. The van der Waals surface area contributed by atoms with Gasteiger partial charge in [-0.05, 0) is 55.8 Å². The number of carbonyl (C=O) groups is 2. The third-order valence-corrected chi connectivity index (χ3v) is 8.80. The van der Waals surface area contributed by atoms with Crippen LogP contribution in [0, 0.1) is 5.92 Å². The highest BCUT2D eigenvalue weighted by Crippen LogP contribution is 2.30. The molecule has 3 fully saturated rings. The molecule has 5 rings (SSSR count). The summed E-state index contributed by atoms with van der Waals surface area (Å²) in [6.07, 6.45) is 4.53. The quantitative estimate of drug-likeness (QED) is 0.390. The number of likely N-dealkylation sites (tertiary alicyclic amines) is 1. The van der Waals surface area contributed by atoms with E-state index in [-0.39, 0.29) is 24.3 Å². The van der Waals surface area contributed by atoms with Crippen molar-refractivity contribution in [2.75, 3.05) is 52.9 Å². The van der Waals surface area contributed by atoms with Crippen molar-refractivity contribution in [2.45, 2.75) is 57.5 Å².